The Labute approximate surface area is 212 Å². The molecule has 0 saturated carbocycles. The number of carbonyl (C=O) groups is 3. The summed E-state index contributed by atoms with van der Waals surface area (Å²) in [4.78, 5) is 37.6. The molecule has 0 aromatic heterocycles. The van der Waals surface area contributed by atoms with Gasteiger partial charge >= 0.3 is 12.0 Å². The first-order chi connectivity index (χ1) is 17.4. The van der Waals surface area contributed by atoms with Crippen LogP contribution in [0.15, 0.2) is 78.9 Å². The minimum Gasteiger partial charge on any atom is -0.459 e. The van der Waals surface area contributed by atoms with Gasteiger partial charge in [0.25, 0.3) is 0 Å². The second-order valence-electron chi connectivity index (χ2n) is 8.62. The number of para-hydroxylation sites is 1. The summed E-state index contributed by atoms with van der Waals surface area (Å²) in [5.74, 6) is -0.689. The SMILES string of the molecule is CCCCC(NC(=O)Cc1ccc(NC(=O)Nc2ccccc2C)cc1)C(=O)OCc1ccccc1. The van der Waals surface area contributed by atoms with Crippen molar-refractivity contribution in [3.8, 4) is 0 Å². The van der Waals surface area contributed by atoms with Crippen molar-refractivity contribution < 1.29 is 19.1 Å². The number of hydrogen-bond donors (Lipinski definition) is 3. The molecule has 0 aliphatic rings. The maximum atomic E-state index is 12.7. The van der Waals surface area contributed by atoms with E-state index in [4.69, 9.17) is 4.74 Å². The fraction of sp³-hybridized carbons (Fsp3) is 0.276. The monoisotopic (exact) mass is 487 g/mol. The molecule has 0 saturated heterocycles. The van der Waals surface area contributed by atoms with Gasteiger partial charge in [0.15, 0.2) is 0 Å². The summed E-state index contributed by atoms with van der Waals surface area (Å²) in [5.41, 5.74) is 3.98. The van der Waals surface area contributed by atoms with Gasteiger partial charge in [0.1, 0.15) is 12.6 Å². The molecule has 3 aromatic rings. The molecular weight excluding hydrogens is 454 g/mol. The van der Waals surface area contributed by atoms with Crippen molar-refractivity contribution in [1.29, 1.82) is 0 Å². The molecule has 0 heterocycles. The number of urea groups is 1. The molecule has 0 fully saturated rings. The molecule has 0 aliphatic carbocycles. The number of esters is 1. The standard InChI is InChI=1S/C29H33N3O4/c1-3-4-13-26(28(34)36-20-23-11-6-5-7-12-23)31-27(33)19-22-15-17-24(18-16-22)30-29(35)32-25-14-9-8-10-21(25)2/h5-12,14-18,26H,3-4,13,19-20H2,1-2H3,(H,31,33)(H2,30,32,35). The van der Waals surface area contributed by atoms with E-state index in [0.717, 1.165) is 35.2 Å². The maximum Gasteiger partial charge on any atom is 0.328 e. The van der Waals surface area contributed by atoms with E-state index in [9.17, 15) is 14.4 Å². The van der Waals surface area contributed by atoms with E-state index in [1.165, 1.54) is 0 Å². The van der Waals surface area contributed by atoms with E-state index < -0.39 is 12.0 Å². The van der Waals surface area contributed by atoms with Crippen LogP contribution in [0.1, 0.15) is 42.9 Å². The second kappa shape index (κ2) is 13.7. The smallest absolute Gasteiger partial charge is 0.328 e. The van der Waals surface area contributed by atoms with E-state index in [1.807, 2.05) is 68.4 Å². The van der Waals surface area contributed by atoms with Crippen molar-refractivity contribution in [2.24, 2.45) is 0 Å². The number of carbonyl (C=O) groups excluding carboxylic acids is 3. The summed E-state index contributed by atoms with van der Waals surface area (Å²) < 4.78 is 5.44. The third kappa shape index (κ3) is 8.58. The van der Waals surface area contributed by atoms with Crippen LogP contribution in [0.2, 0.25) is 0 Å². The van der Waals surface area contributed by atoms with Gasteiger partial charge in [-0.2, -0.15) is 0 Å². The summed E-state index contributed by atoms with van der Waals surface area (Å²) in [6, 6.07) is 23.0. The molecule has 7 nitrogen and oxygen atoms in total. The first kappa shape index (κ1) is 26.5. The number of hydrogen-bond acceptors (Lipinski definition) is 4. The lowest BCUT2D eigenvalue weighted by atomic mass is 10.1. The molecule has 36 heavy (non-hydrogen) atoms. The Kier molecular flexibility index (Phi) is 10.1. The van der Waals surface area contributed by atoms with Crippen molar-refractivity contribution in [1.82, 2.24) is 5.32 Å². The Morgan fingerprint density at radius 1 is 0.833 bits per heavy atom. The molecule has 0 bridgehead atoms. The number of benzene rings is 3. The summed E-state index contributed by atoms with van der Waals surface area (Å²) in [7, 11) is 0. The van der Waals surface area contributed by atoms with Crippen LogP contribution in [0.5, 0.6) is 0 Å². The predicted octanol–water partition coefficient (Wildman–Crippen LogP) is 5.60. The first-order valence-electron chi connectivity index (χ1n) is 12.2. The highest BCUT2D eigenvalue weighted by Crippen LogP contribution is 2.15. The average Bonchev–Trinajstić information content (AvgIpc) is 2.88. The van der Waals surface area contributed by atoms with Crippen LogP contribution in [0.4, 0.5) is 16.2 Å². The topological polar surface area (TPSA) is 96.5 Å². The molecule has 1 unspecified atom stereocenters. The molecule has 0 aliphatic heterocycles. The molecule has 1 atom stereocenters. The van der Waals surface area contributed by atoms with Crippen LogP contribution < -0.4 is 16.0 Å². The van der Waals surface area contributed by atoms with Gasteiger partial charge in [0.05, 0.1) is 6.42 Å². The van der Waals surface area contributed by atoms with Gasteiger partial charge in [0.2, 0.25) is 5.91 Å². The number of amides is 3. The van der Waals surface area contributed by atoms with Gasteiger partial charge in [-0.1, -0.05) is 80.4 Å². The first-order valence-corrected chi connectivity index (χ1v) is 12.2. The third-order valence-electron chi connectivity index (χ3n) is 5.66. The minimum absolute atomic E-state index is 0.115. The number of nitrogens with one attached hydrogen (secondary N) is 3. The Morgan fingerprint density at radius 3 is 2.22 bits per heavy atom. The van der Waals surface area contributed by atoms with Gasteiger partial charge in [-0.05, 0) is 48.2 Å². The normalized spacial score (nSPS) is 11.3. The molecule has 3 amide bonds. The lowest BCUT2D eigenvalue weighted by molar-refractivity contribution is -0.149. The zero-order chi connectivity index (χ0) is 25.8. The summed E-state index contributed by atoms with van der Waals surface area (Å²) in [6.45, 7) is 4.13. The highest BCUT2D eigenvalue weighted by atomic mass is 16.5. The summed E-state index contributed by atoms with van der Waals surface area (Å²) >= 11 is 0. The van der Waals surface area contributed by atoms with Crippen molar-refractivity contribution >= 4 is 29.3 Å². The number of rotatable bonds is 11. The Balaban J connectivity index is 1.50. The molecule has 0 radical (unpaired) electrons. The molecule has 3 N–H and O–H groups in total. The van der Waals surface area contributed by atoms with Gasteiger partial charge in [0, 0.05) is 11.4 Å². The van der Waals surface area contributed by atoms with Crippen LogP contribution in [-0.2, 0) is 27.4 Å². The maximum absolute atomic E-state index is 12.7. The van der Waals surface area contributed by atoms with E-state index in [2.05, 4.69) is 16.0 Å². The molecule has 3 aromatic carbocycles. The Morgan fingerprint density at radius 2 is 1.53 bits per heavy atom. The molecule has 7 heteroatoms. The Bertz CT molecular complexity index is 1150. The van der Waals surface area contributed by atoms with Crippen molar-refractivity contribution in [3.63, 3.8) is 0 Å². The number of aryl methyl sites for hydroxylation is 1. The summed E-state index contributed by atoms with van der Waals surface area (Å²) in [6.07, 6.45) is 2.35. The van der Waals surface area contributed by atoms with E-state index >= 15 is 0 Å². The van der Waals surface area contributed by atoms with Crippen molar-refractivity contribution in [2.75, 3.05) is 10.6 Å². The van der Waals surface area contributed by atoms with Crippen LogP contribution in [0.3, 0.4) is 0 Å². The fourth-order valence-corrected chi connectivity index (χ4v) is 3.62. The van der Waals surface area contributed by atoms with Gasteiger partial charge < -0.3 is 20.7 Å². The summed E-state index contributed by atoms with van der Waals surface area (Å²) in [5, 5.41) is 8.42. The van der Waals surface area contributed by atoms with Gasteiger partial charge in [-0.15, -0.1) is 0 Å². The number of ether oxygens (including phenoxy) is 1. The zero-order valence-corrected chi connectivity index (χ0v) is 20.8. The predicted molar refractivity (Wildman–Crippen MR) is 142 cm³/mol. The highest BCUT2D eigenvalue weighted by Gasteiger charge is 2.22. The Hall–Kier alpha value is -4.13. The van der Waals surface area contributed by atoms with Gasteiger partial charge in [-0.3, -0.25) is 4.79 Å². The zero-order valence-electron chi connectivity index (χ0n) is 20.8. The minimum atomic E-state index is -0.688. The third-order valence-corrected chi connectivity index (χ3v) is 5.66. The molecule has 0 spiro atoms. The van der Waals surface area contributed by atoms with E-state index in [1.54, 1.807) is 24.3 Å². The molecular formula is C29H33N3O4. The van der Waals surface area contributed by atoms with Crippen LogP contribution in [0.25, 0.3) is 0 Å². The molecule has 188 valence electrons. The van der Waals surface area contributed by atoms with E-state index in [0.29, 0.717) is 12.1 Å². The largest absolute Gasteiger partial charge is 0.459 e. The van der Waals surface area contributed by atoms with Crippen LogP contribution in [-0.4, -0.2) is 23.9 Å². The van der Waals surface area contributed by atoms with E-state index in [-0.39, 0.29) is 25.0 Å². The van der Waals surface area contributed by atoms with Crippen molar-refractivity contribution in [3.05, 3.63) is 95.6 Å². The second-order valence-corrected chi connectivity index (χ2v) is 8.62. The van der Waals surface area contributed by atoms with Crippen molar-refractivity contribution in [2.45, 2.75) is 52.2 Å². The average molecular weight is 488 g/mol. The number of unbranched alkanes of at least 4 members (excludes halogenated alkanes) is 1. The quantitative estimate of drug-likeness (QED) is 0.307. The lowest BCUT2D eigenvalue weighted by Gasteiger charge is -2.18. The van der Waals surface area contributed by atoms with Crippen LogP contribution >= 0.6 is 0 Å². The lowest BCUT2D eigenvalue weighted by Crippen LogP contribution is -2.42. The van der Waals surface area contributed by atoms with Gasteiger partial charge in [-0.25, -0.2) is 9.59 Å². The number of anilines is 2. The van der Waals surface area contributed by atoms with Crippen LogP contribution in [0, 0.1) is 6.92 Å². The highest BCUT2D eigenvalue weighted by molar-refractivity contribution is 6.00. The molecule has 3 rings (SSSR count). The fourth-order valence-electron chi connectivity index (χ4n) is 3.62.